The molecule has 2 aliphatic rings. The first-order valence-corrected chi connectivity index (χ1v) is 8.90. The Bertz CT molecular complexity index is 664. The van der Waals surface area contributed by atoms with Crippen molar-refractivity contribution in [3.05, 3.63) is 34.3 Å². The van der Waals surface area contributed by atoms with Crippen LogP contribution in [-0.2, 0) is 17.5 Å². The first-order chi connectivity index (χ1) is 11.7. The topological polar surface area (TPSA) is 23.6 Å². The summed E-state index contributed by atoms with van der Waals surface area (Å²) < 4.78 is 39.0. The molecule has 0 aliphatic carbocycles. The van der Waals surface area contributed by atoms with Gasteiger partial charge in [-0.3, -0.25) is 9.69 Å². The largest absolute Gasteiger partial charge is 0.417 e. The number of alkyl halides is 3. The smallest absolute Gasteiger partial charge is 0.342 e. The van der Waals surface area contributed by atoms with Crippen LogP contribution in [0.15, 0.2) is 18.2 Å². The predicted molar refractivity (Wildman–Crippen MR) is 90.3 cm³/mol. The maximum absolute atomic E-state index is 13.0. The molecule has 1 spiro atoms. The van der Waals surface area contributed by atoms with Crippen LogP contribution in [0.25, 0.3) is 0 Å². The van der Waals surface area contributed by atoms with Crippen LogP contribution in [0.5, 0.6) is 0 Å². The average molecular weight is 375 g/mol. The van der Waals surface area contributed by atoms with Gasteiger partial charge >= 0.3 is 6.18 Å². The molecule has 1 atom stereocenters. The molecule has 0 radical (unpaired) electrons. The molecule has 2 heterocycles. The minimum absolute atomic E-state index is 0.0865. The van der Waals surface area contributed by atoms with E-state index in [0.29, 0.717) is 12.1 Å². The van der Waals surface area contributed by atoms with Crippen LogP contribution in [0.4, 0.5) is 13.2 Å². The summed E-state index contributed by atoms with van der Waals surface area (Å²) in [7, 11) is 0. The first kappa shape index (κ1) is 18.5. The fraction of sp³-hybridized carbons (Fsp3) is 0.611. The van der Waals surface area contributed by atoms with Gasteiger partial charge in [-0.1, -0.05) is 17.7 Å². The van der Waals surface area contributed by atoms with Gasteiger partial charge in [0.25, 0.3) is 0 Å². The molecule has 3 nitrogen and oxygen atoms in total. The summed E-state index contributed by atoms with van der Waals surface area (Å²) >= 11 is 5.69. The molecule has 0 saturated carbocycles. The van der Waals surface area contributed by atoms with E-state index in [1.165, 1.54) is 6.07 Å². The van der Waals surface area contributed by atoms with Crippen LogP contribution in [-0.4, -0.2) is 41.9 Å². The van der Waals surface area contributed by atoms with Crippen molar-refractivity contribution in [2.45, 2.75) is 38.9 Å². The van der Waals surface area contributed by atoms with Gasteiger partial charge in [0.2, 0.25) is 5.91 Å². The Labute approximate surface area is 150 Å². The Balaban J connectivity index is 1.68. The fourth-order valence-corrected chi connectivity index (χ4v) is 4.34. The van der Waals surface area contributed by atoms with E-state index in [2.05, 4.69) is 4.90 Å². The third-order valence-electron chi connectivity index (χ3n) is 5.37. The van der Waals surface area contributed by atoms with E-state index in [1.54, 1.807) is 13.0 Å². The lowest BCUT2D eigenvalue weighted by atomic mass is 9.79. The van der Waals surface area contributed by atoms with E-state index in [0.717, 1.165) is 51.5 Å². The molecule has 2 fully saturated rings. The standard InChI is InChI=1S/C18H22ClF3N2O/c1-13(25)24-7-2-5-17(12-24)6-8-23(11-17)10-14-3-4-16(19)15(9-14)18(20,21)22/h3-4,9H,2,5-8,10-12H2,1H3/t17-/m0/s1. The van der Waals surface area contributed by atoms with Gasteiger partial charge in [0.05, 0.1) is 10.6 Å². The zero-order valence-electron chi connectivity index (χ0n) is 14.2. The highest BCUT2D eigenvalue weighted by molar-refractivity contribution is 6.31. The Morgan fingerprint density at radius 1 is 1.24 bits per heavy atom. The summed E-state index contributed by atoms with van der Waals surface area (Å²) in [6.45, 7) is 5.30. The third kappa shape index (κ3) is 4.11. The van der Waals surface area contributed by atoms with E-state index in [-0.39, 0.29) is 16.3 Å². The number of likely N-dealkylation sites (tertiary alicyclic amines) is 2. The lowest BCUT2D eigenvalue weighted by Gasteiger charge is -2.40. The Hall–Kier alpha value is -1.27. The number of benzene rings is 1. The second-order valence-corrected chi connectivity index (χ2v) is 7.72. The normalized spacial score (nSPS) is 24.9. The average Bonchev–Trinajstić information content (AvgIpc) is 2.90. The van der Waals surface area contributed by atoms with Crippen LogP contribution in [0, 0.1) is 5.41 Å². The minimum Gasteiger partial charge on any atom is -0.342 e. The lowest BCUT2D eigenvalue weighted by molar-refractivity contribution is -0.137. The monoisotopic (exact) mass is 374 g/mol. The van der Waals surface area contributed by atoms with Gasteiger partial charge in [-0.2, -0.15) is 13.2 Å². The summed E-state index contributed by atoms with van der Waals surface area (Å²) in [4.78, 5) is 15.8. The number of halogens is 4. The first-order valence-electron chi connectivity index (χ1n) is 8.52. The van der Waals surface area contributed by atoms with Crippen molar-refractivity contribution in [2.24, 2.45) is 5.41 Å². The molecule has 0 N–H and O–H groups in total. The zero-order chi connectivity index (χ0) is 18.2. The molecular weight excluding hydrogens is 353 g/mol. The molecule has 0 bridgehead atoms. The van der Waals surface area contributed by atoms with Crippen molar-refractivity contribution in [3.63, 3.8) is 0 Å². The van der Waals surface area contributed by atoms with Gasteiger partial charge in [0.1, 0.15) is 0 Å². The minimum atomic E-state index is -4.44. The number of carbonyl (C=O) groups excluding carboxylic acids is 1. The van der Waals surface area contributed by atoms with Crippen LogP contribution < -0.4 is 0 Å². The van der Waals surface area contributed by atoms with Crippen molar-refractivity contribution in [3.8, 4) is 0 Å². The predicted octanol–water partition coefficient (Wildman–Crippen LogP) is 4.19. The highest BCUT2D eigenvalue weighted by atomic mass is 35.5. The molecule has 3 rings (SSSR count). The van der Waals surface area contributed by atoms with E-state index in [9.17, 15) is 18.0 Å². The number of amides is 1. The van der Waals surface area contributed by atoms with Crippen molar-refractivity contribution < 1.29 is 18.0 Å². The maximum atomic E-state index is 13.0. The number of piperidine rings is 1. The van der Waals surface area contributed by atoms with E-state index >= 15 is 0 Å². The molecule has 2 saturated heterocycles. The number of hydrogen-bond donors (Lipinski definition) is 0. The van der Waals surface area contributed by atoms with Gasteiger partial charge in [0, 0.05) is 38.5 Å². The summed E-state index contributed by atoms with van der Waals surface area (Å²) in [5.41, 5.74) is -0.0718. The maximum Gasteiger partial charge on any atom is 0.417 e. The molecule has 7 heteroatoms. The number of hydrogen-bond acceptors (Lipinski definition) is 2. The van der Waals surface area contributed by atoms with Crippen LogP contribution >= 0.6 is 11.6 Å². The number of rotatable bonds is 2. The van der Waals surface area contributed by atoms with E-state index in [1.807, 2.05) is 4.90 Å². The molecule has 1 aromatic carbocycles. The number of nitrogens with zero attached hydrogens (tertiary/aromatic N) is 2. The van der Waals surface area contributed by atoms with E-state index < -0.39 is 11.7 Å². The highest BCUT2D eigenvalue weighted by Gasteiger charge is 2.42. The van der Waals surface area contributed by atoms with Crippen LogP contribution in [0.1, 0.15) is 37.3 Å². The Kier molecular flexibility index (Phi) is 5.04. The van der Waals surface area contributed by atoms with Crippen molar-refractivity contribution in [1.29, 1.82) is 0 Å². The molecule has 0 unspecified atom stereocenters. The lowest BCUT2D eigenvalue weighted by Crippen LogP contribution is -2.46. The second kappa shape index (κ2) is 6.80. The summed E-state index contributed by atoms with van der Waals surface area (Å²) in [6.07, 6.45) is -1.39. The number of carbonyl (C=O) groups is 1. The summed E-state index contributed by atoms with van der Waals surface area (Å²) in [6, 6.07) is 4.13. The van der Waals surface area contributed by atoms with Crippen LogP contribution in [0.3, 0.4) is 0 Å². The molecule has 138 valence electrons. The van der Waals surface area contributed by atoms with Gasteiger partial charge in [-0.15, -0.1) is 0 Å². The molecule has 1 amide bonds. The Morgan fingerprint density at radius 3 is 2.68 bits per heavy atom. The van der Waals surface area contributed by atoms with Gasteiger partial charge < -0.3 is 4.90 Å². The highest BCUT2D eigenvalue weighted by Crippen LogP contribution is 2.40. The van der Waals surface area contributed by atoms with Crippen molar-refractivity contribution in [1.82, 2.24) is 9.80 Å². The van der Waals surface area contributed by atoms with Gasteiger partial charge in [0.15, 0.2) is 0 Å². The zero-order valence-corrected chi connectivity index (χ0v) is 15.0. The van der Waals surface area contributed by atoms with Gasteiger partial charge in [-0.05, 0) is 43.5 Å². The third-order valence-corrected chi connectivity index (χ3v) is 5.70. The van der Waals surface area contributed by atoms with Crippen LogP contribution in [0.2, 0.25) is 5.02 Å². The molecule has 0 aromatic heterocycles. The quantitative estimate of drug-likeness (QED) is 0.774. The van der Waals surface area contributed by atoms with E-state index in [4.69, 9.17) is 11.6 Å². The second-order valence-electron chi connectivity index (χ2n) is 7.32. The fourth-order valence-electron chi connectivity index (χ4n) is 4.12. The summed E-state index contributed by atoms with van der Waals surface area (Å²) in [5, 5.41) is -0.265. The van der Waals surface area contributed by atoms with Crippen molar-refractivity contribution in [2.75, 3.05) is 26.2 Å². The Morgan fingerprint density at radius 2 is 2.00 bits per heavy atom. The molecule has 25 heavy (non-hydrogen) atoms. The summed E-state index contributed by atoms with van der Waals surface area (Å²) in [5.74, 6) is 0.102. The molecular formula is C18H22ClF3N2O. The molecule has 1 aromatic rings. The van der Waals surface area contributed by atoms with Crippen molar-refractivity contribution >= 4 is 17.5 Å². The molecule has 2 aliphatic heterocycles. The SMILES string of the molecule is CC(=O)N1CCC[C@@]2(CCN(Cc3ccc(Cl)c(C(F)(F)F)c3)C2)C1. The van der Waals surface area contributed by atoms with Gasteiger partial charge in [-0.25, -0.2) is 0 Å².